The molecule has 0 saturated carbocycles. The number of anilines is 2. The van der Waals surface area contributed by atoms with Crippen LogP contribution < -0.4 is 11.5 Å². The van der Waals surface area contributed by atoms with E-state index in [9.17, 15) is 23.4 Å². The molecule has 0 unspecified atom stereocenters. The van der Waals surface area contributed by atoms with Crippen LogP contribution >= 0.6 is 0 Å². The average Bonchev–Trinajstić information content (AvgIpc) is 2.46. The lowest BCUT2D eigenvalue weighted by atomic mass is 9.91. The Morgan fingerprint density at radius 3 is 1.57 bits per heavy atom. The molecular formula is C16H17F3N2O2. The quantitative estimate of drug-likeness (QED) is 0.513. The van der Waals surface area contributed by atoms with Crippen LogP contribution in [0.5, 0.6) is 11.5 Å². The van der Waals surface area contributed by atoms with E-state index in [0.717, 1.165) is 0 Å². The van der Waals surface area contributed by atoms with Crippen molar-refractivity contribution >= 4 is 11.4 Å². The van der Waals surface area contributed by atoms with Crippen molar-refractivity contribution in [3.05, 3.63) is 47.5 Å². The number of phenolic OH excluding ortho intramolecular Hbond substituents is 2. The first-order chi connectivity index (χ1) is 10.7. The zero-order valence-electron chi connectivity index (χ0n) is 12.1. The number of hydrogen-bond acceptors (Lipinski definition) is 4. The van der Waals surface area contributed by atoms with E-state index in [1.807, 2.05) is 0 Å². The highest BCUT2D eigenvalue weighted by Gasteiger charge is 2.40. The fraction of sp³-hybridized carbons (Fsp3) is 0.250. The van der Waals surface area contributed by atoms with Gasteiger partial charge in [-0.2, -0.15) is 13.2 Å². The largest absolute Gasteiger partial charge is 0.506 e. The lowest BCUT2D eigenvalue weighted by Crippen LogP contribution is -2.27. The van der Waals surface area contributed by atoms with Gasteiger partial charge < -0.3 is 21.7 Å². The maximum Gasteiger partial charge on any atom is 0.392 e. The number of nitrogen functional groups attached to an aromatic ring is 2. The molecule has 0 saturated heterocycles. The molecule has 2 rings (SSSR count). The van der Waals surface area contributed by atoms with Crippen molar-refractivity contribution in [1.29, 1.82) is 0 Å². The Morgan fingerprint density at radius 1 is 0.826 bits per heavy atom. The maximum absolute atomic E-state index is 13.3. The van der Waals surface area contributed by atoms with Gasteiger partial charge in [-0.15, -0.1) is 0 Å². The van der Waals surface area contributed by atoms with Crippen molar-refractivity contribution in [1.82, 2.24) is 0 Å². The molecule has 6 N–H and O–H groups in total. The first-order valence-electron chi connectivity index (χ1n) is 6.89. The van der Waals surface area contributed by atoms with E-state index < -0.39 is 24.9 Å². The van der Waals surface area contributed by atoms with E-state index in [2.05, 4.69) is 0 Å². The van der Waals surface area contributed by atoms with Crippen LogP contribution in [0.2, 0.25) is 0 Å². The van der Waals surface area contributed by atoms with Gasteiger partial charge in [-0.3, -0.25) is 0 Å². The molecule has 124 valence electrons. The molecule has 4 nitrogen and oxygen atoms in total. The monoisotopic (exact) mass is 326 g/mol. The number of benzene rings is 2. The van der Waals surface area contributed by atoms with E-state index in [4.69, 9.17) is 11.5 Å². The van der Waals surface area contributed by atoms with Crippen LogP contribution in [0.25, 0.3) is 0 Å². The summed E-state index contributed by atoms with van der Waals surface area (Å²) in [5, 5.41) is 19.6. The molecule has 0 bridgehead atoms. The predicted molar refractivity (Wildman–Crippen MR) is 82.0 cm³/mol. The summed E-state index contributed by atoms with van der Waals surface area (Å²) in [6.45, 7) is 0. The third-order valence-electron chi connectivity index (χ3n) is 3.70. The van der Waals surface area contributed by atoms with Crippen molar-refractivity contribution in [3.8, 4) is 11.5 Å². The fourth-order valence-corrected chi connectivity index (χ4v) is 2.39. The number of hydrogen-bond donors (Lipinski definition) is 4. The van der Waals surface area contributed by atoms with Crippen molar-refractivity contribution in [2.45, 2.75) is 19.0 Å². The summed E-state index contributed by atoms with van der Waals surface area (Å²) in [6.07, 6.45) is -5.41. The summed E-state index contributed by atoms with van der Waals surface area (Å²) in [5.41, 5.74) is 11.3. The Morgan fingerprint density at radius 2 is 1.22 bits per heavy atom. The summed E-state index contributed by atoms with van der Waals surface area (Å²) in [6, 6.07) is 8.56. The summed E-state index contributed by atoms with van der Waals surface area (Å²) >= 11 is 0. The molecule has 0 heterocycles. The standard InChI is InChI=1S/C16H17F3N2O2/c17-16(18,19)11(7-9-3-1-5-12(20)14(9)22)8-10-4-2-6-13(21)15(10)23/h1-6,11,22-23H,7-8,20-21H2. The number of rotatable bonds is 4. The zero-order valence-corrected chi connectivity index (χ0v) is 12.1. The van der Waals surface area contributed by atoms with E-state index in [0.29, 0.717) is 0 Å². The topological polar surface area (TPSA) is 92.5 Å². The van der Waals surface area contributed by atoms with Crippen LogP contribution in [-0.2, 0) is 12.8 Å². The van der Waals surface area contributed by atoms with Gasteiger partial charge >= 0.3 is 6.18 Å². The third-order valence-corrected chi connectivity index (χ3v) is 3.70. The molecule has 0 aliphatic heterocycles. The number of phenols is 2. The van der Waals surface area contributed by atoms with Gasteiger partial charge in [0.1, 0.15) is 11.5 Å². The molecule has 7 heteroatoms. The molecule has 0 fully saturated rings. The highest BCUT2D eigenvalue weighted by molar-refractivity contribution is 5.57. The predicted octanol–water partition coefficient (Wildman–Crippen LogP) is 3.23. The summed E-state index contributed by atoms with van der Waals surface area (Å²) in [7, 11) is 0. The summed E-state index contributed by atoms with van der Waals surface area (Å²) in [5.74, 6) is -2.49. The molecular weight excluding hydrogens is 309 g/mol. The van der Waals surface area contributed by atoms with Crippen LogP contribution in [0.4, 0.5) is 24.5 Å². The van der Waals surface area contributed by atoms with Crippen LogP contribution in [0.1, 0.15) is 11.1 Å². The molecule has 0 spiro atoms. The van der Waals surface area contributed by atoms with Crippen molar-refractivity contribution < 1.29 is 23.4 Å². The minimum atomic E-state index is -4.51. The molecule has 2 aromatic carbocycles. The van der Waals surface area contributed by atoms with Crippen LogP contribution in [-0.4, -0.2) is 16.4 Å². The summed E-state index contributed by atoms with van der Waals surface area (Å²) < 4.78 is 40.0. The summed E-state index contributed by atoms with van der Waals surface area (Å²) in [4.78, 5) is 0. The number of para-hydroxylation sites is 2. The zero-order chi connectivity index (χ0) is 17.2. The van der Waals surface area contributed by atoms with Crippen molar-refractivity contribution in [2.24, 2.45) is 5.92 Å². The number of alkyl halides is 3. The lowest BCUT2D eigenvalue weighted by molar-refractivity contribution is -0.174. The molecule has 2 aromatic rings. The van der Waals surface area contributed by atoms with E-state index >= 15 is 0 Å². The van der Waals surface area contributed by atoms with Crippen molar-refractivity contribution in [3.63, 3.8) is 0 Å². The third kappa shape index (κ3) is 3.80. The molecule has 0 aliphatic rings. The molecule has 0 amide bonds. The molecule has 23 heavy (non-hydrogen) atoms. The molecule has 0 aliphatic carbocycles. The second kappa shape index (κ2) is 6.28. The first-order valence-corrected chi connectivity index (χ1v) is 6.89. The lowest BCUT2D eigenvalue weighted by Gasteiger charge is -2.22. The van der Waals surface area contributed by atoms with E-state index in [-0.39, 0.29) is 34.0 Å². The molecule has 0 aromatic heterocycles. The Kier molecular flexibility index (Phi) is 4.58. The van der Waals surface area contributed by atoms with Gasteiger partial charge in [0.15, 0.2) is 0 Å². The van der Waals surface area contributed by atoms with Crippen LogP contribution in [0.15, 0.2) is 36.4 Å². The van der Waals surface area contributed by atoms with Gasteiger partial charge in [-0.05, 0) is 36.1 Å². The second-order valence-corrected chi connectivity index (χ2v) is 5.36. The van der Waals surface area contributed by atoms with Crippen LogP contribution in [0.3, 0.4) is 0 Å². The minimum absolute atomic E-state index is 0.0234. The van der Waals surface area contributed by atoms with Gasteiger partial charge in [-0.1, -0.05) is 24.3 Å². The highest BCUT2D eigenvalue weighted by Crippen LogP contribution is 2.37. The number of halogens is 3. The fourth-order valence-electron chi connectivity index (χ4n) is 2.39. The Bertz CT molecular complexity index is 649. The molecule has 0 atom stereocenters. The maximum atomic E-state index is 13.3. The SMILES string of the molecule is Nc1cccc(CC(Cc2cccc(N)c2O)C(F)(F)F)c1O. The van der Waals surface area contributed by atoms with Gasteiger partial charge in [0.2, 0.25) is 0 Å². The van der Waals surface area contributed by atoms with E-state index in [1.165, 1.54) is 36.4 Å². The first kappa shape index (κ1) is 16.8. The normalized spacial score (nSPS) is 11.8. The molecule has 0 radical (unpaired) electrons. The van der Waals surface area contributed by atoms with Gasteiger partial charge in [0.25, 0.3) is 0 Å². The number of aromatic hydroxyl groups is 2. The van der Waals surface area contributed by atoms with E-state index in [1.54, 1.807) is 0 Å². The highest BCUT2D eigenvalue weighted by atomic mass is 19.4. The van der Waals surface area contributed by atoms with Gasteiger partial charge in [0, 0.05) is 0 Å². The average molecular weight is 326 g/mol. The Labute approximate surface area is 131 Å². The Balaban J connectivity index is 2.31. The van der Waals surface area contributed by atoms with Gasteiger partial charge in [-0.25, -0.2) is 0 Å². The van der Waals surface area contributed by atoms with Gasteiger partial charge in [0.05, 0.1) is 17.3 Å². The van der Waals surface area contributed by atoms with Crippen LogP contribution in [0, 0.1) is 5.92 Å². The Hall–Kier alpha value is -2.57. The number of nitrogens with two attached hydrogens (primary N) is 2. The smallest absolute Gasteiger partial charge is 0.392 e. The minimum Gasteiger partial charge on any atom is -0.506 e. The van der Waals surface area contributed by atoms with Crippen molar-refractivity contribution in [2.75, 3.05) is 11.5 Å². The second-order valence-electron chi connectivity index (χ2n) is 5.36.